The van der Waals surface area contributed by atoms with Gasteiger partial charge in [0.2, 0.25) is 5.95 Å². The maximum atomic E-state index is 6.64. The SMILES string of the molecule is CC1C(Cl)=Cc2ncccc2C(N2CCCC(CCNc3ncccn3)C2)C1C. The van der Waals surface area contributed by atoms with E-state index in [1.165, 1.54) is 18.4 Å². The Kier molecular flexibility index (Phi) is 6.46. The number of halogens is 1. The molecule has 0 saturated carbocycles. The molecule has 29 heavy (non-hydrogen) atoms. The van der Waals surface area contributed by atoms with Gasteiger partial charge in [-0.1, -0.05) is 31.5 Å². The Morgan fingerprint density at radius 2 is 1.93 bits per heavy atom. The Morgan fingerprint density at radius 3 is 2.76 bits per heavy atom. The van der Waals surface area contributed by atoms with Crippen molar-refractivity contribution in [3.63, 3.8) is 0 Å². The summed E-state index contributed by atoms with van der Waals surface area (Å²) in [6.07, 6.45) is 11.1. The fraction of sp³-hybridized carbons (Fsp3) is 0.522. The summed E-state index contributed by atoms with van der Waals surface area (Å²) in [6.45, 7) is 7.74. The van der Waals surface area contributed by atoms with E-state index in [0.29, 0.717) is 29.7 Å². The van der Waals surface area contributed by atoms with Crippen molar-refractivity contribution in [3.05, 3.63) is 53.1 Å². The molecule has 0 amide bonds. The molecule has 4 atom stereocenters. The summed E-state index contributed by atoms with van der Waals surface area (Å²) in [7, 11) is 0. The number of likely N-dealkylation sites (tertiary alicyclic amines) is 1. The Balaban J connectivity index is 1.46. The van der Waals surface area contributed by atoms with Crippen LogP contribution in [0.15, 0.2) is 41.8 Å². The summed E-state index contributed by atoms with van der Waals surface area (Å²) in [5, 5.41) is 4.27. The number of hydrogen-bond donors (Lipinski definition) is 1. The van der Waals surface area contributed by atoms with E-state index in [-0.39, 0.29) is 0 Å². The first-order valence-electron chi connectivity index (χ1n) is 10.7. The lowest BCUT2D eigenvalue weighted by molar-refractivity contribution is 0.0779. The summed E-state index contributed by atoms with van der Waals surface area (Å²) < 4.78 is 0. The first-order valence-corrected chi connectivity index (χ1v) is 11.1. The van der Waals surface area contributed by atoms with E-state index in [4.69, 9.17) is 11.6 Å². The van der Waals surface area contributed by atoms with Gasteiger partial charge in [0.1, 0.15) is 0 Å². The molecule has 2 aliphatic rings. The minimum absolute atomic E-state index is 0.327. The van der Waals surface area contributed by atoms with E-state index < -0.39 is 0 Å². The molecule has 1 aliphatic carbocycles. The average Bonchev–Trinajstić information content (AvgIpc) is 2.84. The van der Waals surface area contributed by atoms with Crippen LogP contribution in [0.5, 0.6) is 0 Å². The molecule has 0 aromatic carbocycles. The Morgan fingerprint density at radius 1 is 1.14 bits per heavy atom. The highest BCUT2D eigenvalue weighted by Gasteiger charge is 2.36. The van der Waals surface area contributed by atoms with E-state index in [2.05, 4.69) is 57.2 Å². The minimum Gasteiger partial charge on any atom is -0.354 e. The van der Waals surface area contributed by atoms with Crippen LogP contribution in [0.3, 0.4) is 0 Å². The normalized spacial score (nSPS) is 27.6. The topological polar surface area (TPSA) is 53.9 Å². The molecule has 4 unspecified atom stereocenters. The molecule has 1 fully saturated rings. The van der Waals surface area contributed by atoms with Crippen LogP contribution in [0.1, 0.15) is 50.4 Å². The lowest BCUT2D eigenvalue weighted by atomic mass is 9.83. The molecule has 6 heteroatoms. The van der Waals surface area contributed by atoms with Gasteiger partial charge in [-0.2, -0.15) is 0 Å². The standard InChI is InChI=1S/C23H30ClN5/c1-16-17(2)22(19-7-3-9-25-21(19)14-20(16)24)29-13-4-6-18(15-29)8-12-28-23-26-10-5-11-27-23/h3,5,7,9-11,14,16-18,22H,4,6,8,12-13,15H2,1-2H3,(H,26,27,28). The summed E-state index contributed by atoms with van der Waals surface area (Å²) in [6, 6.07) is 6.49. The van der Waals surface area contributed by atoms with Gasteiger partial charge in [0.25, 0.3) is 0 Å². The molecular weight excluding hydrogens is 382 g/mol. The summed E-state index contributed by atoms with van der Waals surface area (Å²) in [5.74, 6) is 2.16. The van der Waals surface area contributed by atoms with Crippen molar-refractivity contribution in [2.24, 2.45) is 17.8 Å². The van der Waals surface area contributed by atoms with Crippen molar-refractivity contribution in [1.29, 1.82) is 0 Å². The third-order valence-corrected chi connectivity index (χ3v) is 6.98. The largest absolute Gasteiger partial charge is 0.354 e. The fourth-order valence-corrected chi connectivity index (χ4v) is 5.07. The van der Waals surface area contributed by atoms with Crippen molar-refractivity contribution < 1.29 is 0 Å². The number of anilines is 1. The fourth-order valence-electron chi connectivity index (χ4n) is 4.76. The number of aromatic nitrogens is 3. The van der Waals surface area contributed by atoms with Gasteiger partial charge in [-0.15, -0.1) is 0 Å². The van der Waals surface area contributed by atoms with Crippen LogP contribution in [0, 0.1) is 17.8 Å². The van der Waals surface area contributed by atoms with Crippen molar-refractivity contribution in [3.8, 4) is 0 Å². The van der Waals surface area contributed by atoms with Crippen LogP contribution in [0.4, 0.5) is 5.95 Å². The molecular formula is C23H30ClN5. The van der Waals surface area contributed by atoms with Gasteiger partial charge in [-0.3, -0.25) is 9.88 Å². The first kappa shape index (κ1) is 20.3. The first-order chi connectivity index (χ1) is 14.1. The van der Waals surface area contributed by atoms with E-state index in [1.54, 1.807) is 12.4 Å². The van der Waals surface area contributed by atoms with Crippen LogP contribution >= 0.6 is 11.6 Å². The van der Waals surface area contributed by atoms with Crippen LogP contribution in [0.25, 0.3) is 6.08 Å². The molecule has 4 rings (SSSR count). The molecule has 5 nitrogen and oxygen atoms in total. The van der Waals surface area contributed by atoms with Crippen molar-refractivity contribution in [2.75, 3.05) is 25.0 Å². The van der Waals surface area contributed by atoms with Crippen LogP contribution in [-0.4, -0.2) is 39.5 Å². The van der Waals surface area contributed by atoms with Gasteiger partial charge in [-0.05, 0) is 67.3 Å². The van der Waals surface area contributed by atoms with Gasteiger partial charge in [-0.25, -0.2) is 9.97 Å². The molecule has 1 N–H and O–H groups in total. The van der Waals surface area contributed by atoms with Gasteiger partial charge in [0, 0.05) is 42.8 Å². The molecule has 3 heterocycles. The lowest BCUT2D eigenvalue weighted by Crippen LogP contribution is -2.42. The number of pyridine rings is 1. The molecule has 0 radical (unpaired) electrons. The predicted molar refractivity (Wildman–Crippen MR) is 119 cm³/mol. The van der Waals surface area contributed by atoms with Crippen LogP contribution in [-0.2, 0) is 0 Å². The lowest BCUT2D eigenvalue weighted by Gasteiger charge is -2.42. The third-order valence-electron chi connectivity index (χ3n) is 6.53. The van der Waals surface area contributed by atoms with Crippen molar-refractivity contribution in [1.82, 2.24) is 19.9 Å². The predicted octanol–water partition coefficient (Wildman–Crippen LogP) is 4.99. The minimum atomic E-state index is 0.327. The second-order valence-corrected chi connectivity index (χ2v) is 8.83. The summed E-state index contributed by atoms with van der Waals surface area (Å²) in [4.78, 5) is 15.8. The highest BCUT2D eigenvalue weighted by atomic mass is 35.5. The van der Waals surface area contributed by atoms with Crippen molar-refractivity contribution >= 4 is 23.6 Å². The average molecular weight is 412 g/mol. The summed E-state index contributed by atoms with van der Waals surface area (Å²) >= 11 is 6.64. The molecule has 2 aromatic rings. The highest BCUT2D eigenvalue weighted by molar-refractivity contribution is 6.31. The monoisotopic (exact) mass is 411 g/mol. The molecule has 1 aliphatic heterocycles. The number of nitrogens with zero attached hydrogens (tertiary/aromatic N) is 4. The third kappa shape index (κ3) is 4.62. The van der Waals surface area contributed by atoms with E-state index in [1.807, 2.05) is 12.3 Å². The highest BCUT2D eigenvalue weighted by Crippen LogP contribution is 2.43. The van der Waals surface area contributed by atoms with E-state index in [9.17, 15) is 0 Å². The number of nitrogens with one attached hydrogen (secondary N) is 1. The van der Waals surface area contributed by atoms with Crippen LogP contribution in [0.2, 0.25) is 0 Å². The molecule has 0 spiro atoms. The Bertz CT molecular complexity index is 840. The number of hydrogen-bond acceptors (Lipinski definition) is 5. The zero-order valence-electron chi connectivity index (χ0n) is 17.3. The van der Waals surface area contributed by atoms with E-state index >= 15 is 0 Å². The van der Waals surface area contributed by atoms with E-state index in [0.717, 1.165) is 36.8 Å². The molecule has 1 saturated heterocycles. The molecule has 154 valence electrons. The maximum Gasteiger partial charge on any atom is 0.222 e. The number of piperidine rings is 1. The smallest absolute Gasteiger partial charge is 0.222 e. The van der Waals surface area contributed by atoms with Gasteiger partial charge >= 0.3 is 0 Å². The van der Waals surface area contributed by atoms with Crippen molar-refractivity contribution in [2.45, 2.75) is 39.2 Å². The number of fused-ring (bicyclic) bond motifs is 1. The quantitative estimate of drug-likeness (QED) is 0.750. The zero-order chi connectivity index (χ0) is 20.2. The number of allylic oxidation sites excluding steroid dienone is 1. The number of rotatable bonds is 5. The van der Waals surface area contributed by atoms with Crippen LogP contribution < -0.4 is 5.32 Å². The Hall–Kier alpha value is -1.98. The Labute approximate surface area is 178 Å². The second-order valence-electron chi connectivity index (χ2n) is 8.39. The molecule has 2 aromatic heterocycles. The molecule has 0 bridgehead atoms. The summed E-state index contributed by atoms with van der Waals surface area (Å²) in [5.41, 5.74) is 2.35. The van der Waals surface area contributed by atoms with Gasteiger partial charge < -0.3 is 5.32 Å². The van der Waals surface area contributed by atoms with Gasteiger partial charge in [0.05, 0.1) is 5.69 Å². The maximum absolute atomic E-state index is 6.64. The zero-order valence-corrected chi connectivity index (χ0v) is 18.0. The van der Waals surface area contributed by atoms with Gasteiger partial charge in [0.15, 0.2) is 0 Å². The second kappa shape index (κ2) is 9.23.